The third-order valence-electron chi connectivity index (χ3n) is 5.63. The molecule has 1 amide bonds. The predicted octanol–water partition coefficient (Wildman–Crippen LogP) is 6.60. The summed E-state index contributed by atoms with van der Waals surface area (Å²) in [6.07, 6.45) is 1.09. The molecule has 0 saturated carbocycles. The smallest absolute Gasteiger partial charge is 0.267 e. The topological polar surface area (TPSA) is 78.8 Å². The van der Waals surface area contributed by atoms with Crippen molar-refractivity contribution in [2.24, 2.45) is 5.10 Å². The molecule has 0 fully saturated rings. The highest BCUT2D eigenvalue weighted by atomic mass is 35.5. The van der Waals surface area contributed by atoms with Gasteiger partial charge in [-0.2, -0.15) is 5.10 Å². The van der Waals surface area contributed by atoms with Gasteiger partial charge in [-0.15, -0.1) is 0 Å². The number of nitrogens with zero attached hydrogens (tertiary/aromatic N) is 2. The molecule has 10 heteroatoms. The first kappa shape index (κ1) is 27.3. The van der Waals surface area contributed by atoms with Gasteiger partial charge in [-0.05, 0) is 61.0 Å². The first-order valence-corrected chi connectivity index (χ1v) is 13.6. The van der Waals surface area contributed by atoms with E-state index in [2.05, 4.69) is 10.5 Å². The number of aryl methyl sites for hydroxylation is 1. The summed E-state index contributed by atoms with van der Waals surface area (Å²) in [5.41, 5.74) is 4.09. The van der Waals surface area contributed by atoms with Crippen molar-refractivity contribution in [3.63, 3.8) is 0 Å². The zero-order valence-corrected chi connectivity index (χ0v) is 22.4. The highest BCUT2D eigenvalue weighted by molar-refractivity contribution is 7.92. The van der Waals surface area contributed by atoms with Crippen LogP contribution in [0.15, 0.2) is 101 Å². The van der Waals surface area contributed by atoms with Gasteiger partial charge >= 0.3 is 0 Å². The number of hydrazone groups is 1. The quantitative estimate of drug-likeness (QED) is 0.192. The zero-order chi connectivity index (χ0) is 27.3. The van der Waals surface area contributed by atoms with E-state index < -0.39 is 21.7 Å². The van der Waals surface area contributed by atoms with Crippen molar-refractivity contribution in [3.8, 4) is 0 Å². The molecule has 0 unspecified atom stereocenters. The van der Waals surface area contributed by atoms with Gasteiger partial charge in [0.2, 0.25) is 0 Å². The second kappa shape index (κ2) is 11.8. The number of halogens is 3. The molecule has 0 heterocycles. The summed E-state index contributed by atoms with van der Waals surface area (Å²) in [5.74, 6) is -1.29. The molecule has 0 aliphatic heterocycles. The van der Waals surface area contributed by atoms with Crippen molar-refractivity contribution < 1.29 is 17.6 Å². The monoisotopic (exact) mass is 569 g/mol. The number of nitrogens with one attached hydrogen (secondary N) is 1. The van der Waals surface area contributed by atoms with Gasteiger partial charge in [0.25, 0.3) is 15.9 Å². The summed E-state index contributed by atoms with van der Waals surface area (Å²) in [7, 11) is -4.10. The van der Waals surface area contributed by atoms with Gasteiger partial charge in [-0.25, -0.2) is 18.2 Å². The van der Waals surface area contributed by atoms with Crippen LogP contribution >= 0.6 is 23.2 Å². The Kier molecular flexibility index (Phi) is 8.46. The number of rotatable bonds is 8. The van der Waals surface area contributed by atoms with Gasteiger partial charge in [0.15, 0.2) is 0 Å². The van der Waals surface area contributed by atoms with E-state index in [1.54, 1.807) is 48.5 Å². The van der Waals surface area contributed by atoms with Crippen LogP contribution in [0.4, 0.5) is 10.1 Å². The van der Waals surface area contributed by atoms with Crippen LogP contribution in [0.3, 0.4) is 0 Å². The SMILES string of the molecule is Cc1ccc(S(=O)(=O)N(Cc2ccc(Cl)cc2)c2ccccc2C(=O)N/N=C\c2c(F)cccc2Cl)cc1. The predicted molar refractivity (Wildman–Crippen MR) is 149 cm³/mol. The van der Waals surface area contributed by atoms with Crippen LogP contribution in [0.2, 0.25) is 10.0 Å². The second-order valence-corrected chi connectivity index (χ2v) is 11.0. The summed E-state index contributed by atoms with van der Waals surface area (Å²) in [6.45, 7) is 1.79. The Hall–Kier alpha value is -3.72. The van der Waals surface area contributed by atoms with Crippen molar-refractivity contribution in [1.29, 1.82) is 0 Å². The maximum Gasteiger partial charge on any atom is 0.273 e. The molecule has 0 saturated heterocycles. The fraction of sp³-hybridized carbons (Fsp3) is 0.0714. The Bertz CT molecular complexity index is 1570. The summed E-state index contributed by atoms with van der Waals surface area (Å²) < 4.78 is 42.9. The van der Waals surface area contributed by atoms with Crippen LogP contribution < -0.4 is 9.73 Å². The lowest BCUT2D eigenvalue weighted by molar-refractivity contribution is 0.0955. The zero-order valence-electron chi connectivity index (χ0n) is 20.1. The molecule has 0 aromatic heterocycles. The molecule has 4 aromatic carbocycles. The lowest BCUT2D eigenvalue weighted by Gasteiger charge is -2.26. The minimum absolute atomic E-state index is 0.00839. The molecule has 4 rings (SSSR count). The van der Waals surface area contributed by atoms with Gasteiger partial charge < -0.3 is 0 Å². The van der Waals surface area contributed by atoms with Gasteiger partial charge in [-0.1, -0.05) is 71.2 Å². The third-order valence-corrected chi connectivity index (χ3v) is 7.98. The van der Waals surface area contributed by atoms with E-state index in [0.717, 1.165) is 16.1 Å². The number of benzene rings is 4. The molecule has 38 heavy (non-hydrogen) atoms. The first-order valence-electron chi connectivity index (χ1n) is 11.4. The molecule has 0 aliphatic rings. The Balaban J connectivity index is 1.72. The molecule has 0 radical (unpaired) electrons. The summed E-state index contributed by atoms with van der Waals surface area (Å²) in [5, 5.41) is 4.47. The Morgan fingerprint density at radius 3 is 2.32 bits per heavy atom. The largest absolute Gasteiger partial charge is 0.273 e. The number of hydrogen-bond donors (Lipinski definition) is 1. The van der Waals surface area contributed by atoms with E-state index in [9.17, 15) is 17.6 Å². The summed E-state index contributed by atoms with van der Waals surface area (Å²) >= 11 is 12.0. The number of amides is 1. The van der Waals surface area contributed by atoms with Crippen molar-refractivity contribution >= 4 is 51.0 Å². The molecule has 0 bridgehead atoms. The Morgan fingerprint density at radius 1 is 0.947 bits per heavy atom. The molecular formula is C28H22Cl2FN3O3S. The van der Waals surface area contributed by atoms with Crippen LogP contribution in [0, 0.1) is 12.7 Å². The van der Waals surface area contributed by atoms with Crippen LogP contribution in [0.1, 0.15) is 27.0 Å². The van der Waals surface area contributed by atoms with Gasteiger partial charge in [-0.3, -0.25) is 9.10 Å². The molecule has 6 nitrogen and oxygen atoms in total. The molecule has 4 aromatic rings. The van der Waals surface area contributed by atoms with Gasteiger partial charge in [0.05, 0.1) is 33.9 Å². The van der Waals surface area contributed by atoms with Crippen molar-refractivity contribution in [2.75, 3.05) is 4.31 Å². The number of anilines is 1. The van der Waals surface area contributed by atoms with E-state index in [1.807, 2.05) is 6.92 Å². The highest BCUT2D eigenvalue weighted by Crippen LogP contribution is 2.30. The molecule has 0 aliphatic carbocycles. The maximum atomic E-state index is 14.0. The van der Waals surface area contributed by atoms with Crippen LogP contribution in [-0.4, -0.2) is 20.5 Å². The average Bonchev–Trinajstić information content (AvgIpc) is 2.90. The normalized spacial score (nSPS) is 11.5. The lowest BCUT2D eigenvalue weighted by atomic mass is 10.1. The van der Waals surface area contributed by atoms with Crippen molar-refractivity contribution in [2.45, 2.75) is 18.4 Å². The van der Waals surface area contributed by atoms with Crippen LogP contribution in [0.5, 0.6) is 0 Å². The molecule has 0 atom stereocenters. The Morgan fingerprint density at radius 2 is 1.63 bits per heavy atom. The minimum Gasteiger partial charge on any atom is -0.267 e. The number of sulfonamides is 1. The molecule has 194 valence electrons. The van der Waals surface area contributed by atoms with E-state index in [1.165, 1.54) is 42.5 Å². The average molecular weight is 570 g/mol. The van der Waals surface area contributed by atoms with Gasteiger partial charge in [0.1, 0.15) is 5.82 Å². The van der Waals surface area contributed by atoms with E-state index in [-0.39, 0.29) is 33.3 Å². The van der Waals surface area contributed by atoms with Crippen molar-refractivity contribution in [1.82, 2.24) is 5.43 Å². The summed E-state index contributed by atoms with van der Waals surface area (Å²) in [4.78, 5) is 13.2. The fourth-order valence-electron chi connectivity index (χ4n) is 3.63. The molecular weight excluding hydrogens is 548 g/mol. The number of hydrogen-bond acceptors (Lipinski definition) is 4. The third kappa shape index (κ3) is 6.22. The number of carbonyl (C=O) groups excluding carboxylic acids is 1. The standard InChI is InChI=1S/C28H22Cl2FN3O3S/c1-19-9-15-22(16-10-19)38(36,37)34(18-20-11-13-21(29)14-12-20)27-8-3-2-5-23(27)28(35)33-32-17-24-25(30)6-4-7-26(24)31/h2-17H,18H2,1H3,(H,33,35)/b32-17-. The number of carbonyl (C=O) groups is 1. The van der Waals surface area contributed by atoms with Crippen LogP contribution in [0.25, 0.3) is 0 Å². The minimum atomic E-state index is -4.10. The Labute approximate surface area is 230 Å². The molecule has 0 spiro atoms. The van der Waals surface area contributed by atoms with E-state index in [0.29, 0.717) is 10.6 Å². The van der Waals surface area contributed by atoms with E-state index >= 15 is 0 Å². The lowest BCUT2D eigenvalue weighted by Crippen LogP contribution is -2.33. The highest BCUT2D eigenvalue weighted by Gasteiger charge is 2.28. The summed E-state index contributed by atoms with van der Waals surface area (Å²) in [6, 6.07) is 23.6. The van der Waals surface area contributed by atoms with Gasteiger partial charge in [0, 0.05) is 10.6 Å². The number of para-hydroxylation sites is 1. The fourth-order valence-corrected chi connectivity index (χ4v) is 5.44. The second-order valence-electron chi connectivity index (χ2n) is 8.30. The van der Waals surface area contributed by atoms with Crippen LogP contribution in [-0.2, 0) is 16.6 Å². The van der Waals surface area contributed by atoms with E-state index in [4.69, 9.17) is 23.2 Å². The maximum absolute atomic E-state index is 14.0. The van der Waals surface area contributed by atoms with Crippen molar-refractivity contribution in [3.05, 3.63) is 129 Å². The first-order chi connectivity index (χ1) is 18.2. The molecule has 1 N–H and O–H groups in total.